The van der Waals surface area contributed by atoms with Gasteiger partial charge in [0, 0.05) is 19.1 Å². The molecule has 1 N–H and O–H groups in total. The number of fused-ring (bicyclic) bond motifs is 1. The first kappa shape index (κ1) is 5.69. The highest BCUT2D eigenvalue weighted by molar-refractivity contribution is 5.07. The lowest BCUT2D eigenvalue weighted by molar-refractivity contribution is 0.313. The van der Waals surface area contributed by atoms with Crippen LogP contribution >= 0.6 is 0 Å². The summed E-state index contributed by atoms with van der Waals surface area (Å²) >= 11 is 0. The Kier molecular flexibility index (Phi) is 1.08. The highest BCUT2D eigenvalue weighted by Crippen LogP contribution is 2.44. The Balaban J connectivity index is 1.89. The summed E-state index contributed by atoms with van der Waals surface area (Å²) in [6.07, 6.45) is 0. The average Bonchev–Trinajstić information content (AvgIpc) is 2.32. The maximum Gasteiger partial charge on any atom is 0.0301 e. The maximum absolute atomic E-state index is 7.45. The molecule has 2 aliphatic rings. The molecule has 1 heterocycles. The zero-order valence-electron chi connectivity index (χ0n) is 5.80. The van der Waals surface area contributed by atoms with Gasteiger partial charge in [-0.05, 0) is 18.4 Å². The van der Waals surface area contributed by atoms with Crippen molar-refractivity contribution in [2.24, 2.45) is 11.8 Å². The van der Waals surface area contributed by atoms with Gasteiger partial charge in [-0.3, -0.25) is 5.73 Å². The van der Waals surface area contributed by atoms with Crippen LogP contribution in [0.15, 0.2) is 0 Å². The molecule has 1 radical (unpaired) electrons. The minimum absolute atomic E-state index is 0.313. The zero-order valence-corrected chi connectivity index (χ0v) is 5.80. The fourth-order valence-electron chi connectivity index (χ4n) is 1.87. The summed E-state index contributed by atoms with van der Waals surface area (Å²) in [5, 5.41) is 0. The molecule has 0 spiro atoms. The molecular formula is C7H13N2. The Morgan fingerprint density at radius 1 is 1.44 bits per heavy atom. The Labute approximate surface area is 56.0 Å². The summed E-state index contributed by atoms with van der Waals surface area (Å²) in [5.74, 6) is 1.51. The van der Waals surface area contributed by atoms with E-state index in [1.807, 2.05) is 0 Å². The average molecular weight is 125 g/mol. The van der Waals surface area contributed by atoms with Crippen molar-refractivity contribution in [1.29, 1.82) is 0 Å². The Morgan fingerprint density at radius 2 is 2.00 bits per heavy atom. The van der Waals surface area contributed by atoms with E-state index in [1.54, 1.807) is 0 Å². The number of likely N-dealkylation sites (tertiary alicyclic amines) is 1. The predicted molar refractivity (Wildman–Crippen MR) is 36.0 cm³/mol. The zero-order chi connectivity index (χ0) is 6.43. The van der Waals surface area contributed by atoms with Gasteiger partial charge in [0.05, 0.1) is 0 Å². The minimum atomic E-state index is 0.313. The van der Waals surface area contributed by atoms with E-state index < -0.39 is 0 Å². The van der Waals surface area contributed by atoms with Gasteiger partial charge < -0.3 is 4.90 Å². The first-order valence-corrected chi connectivity index (χ1v) is 3.76. The number of hydrogen-bond donors (Lipinski definition) is 0. The molecule has 1 aliphatic carbocycles. The molecule has 1 saturated carbocycles. The third-order valence-electron chi connectivity index (χ3n) is 2.72. The predicted octanol–water partition coefficient (Wildman–Crippen LogP) is 0.219. The molecule has 0 bridgehead atoms. The number of nitrogens with one attached hydrogen (secondary N) is 1. The van der Waals surface area contributed by atoms with Gasteiger partial charge in [0.25, 0.3) is 0 Å². The van der Waals surface area contributed by atoms with Crippen LogP contribution in [-0.4, -0.2) is 30.6 Å². The Morgan fingerprint density at radius 3 is 2.44 bits per heavy atom. The van der Waals surface area contributed by atoms with E-state index in [-0.39, 0.29) is 0 Å². The third-order valence-corrected chi connectivity index (χ3v) is 2.72. The number of rotatable bonds is 1. The van der Waals surface area contributed by atoms with Crippen molar-refractivity contribution in [3.05, 3.63) is 0 Å². The molecule has 2 nitrogen and oxygen atoms in total. The minimum Gasteiger partial charge on any atom is -0.303 e. The van der Waals surface area contributed by atoms with Crippen LogP contribution < -0.4 is 5.73 Å². The van der Waals surface area contributed by atoms with Gasteiger partial charge in [-0.1, -0.05) is 6.92 Å². The lowest BCUT2D eigenvalue weighted by Crippen LogP contribution is -2.25. The monoisotopic (exact) mass is 125 g/mol. The summed E-state index contributed by atoms with van der Waals surface area (Å²) in [6, 6.07) is 0.313. The van der Waals surface area contributed by atoms with E-state index in [1.165, 1.54) is 19.6 Å². The molecule has 2 atom stereocenters. The van der Waals surface area contributed by atoms with E-state index in [9.17, 15) is 0 Å². The molecular weight excluding hydrogens is 112 g/mol. The van der Waals surface area contributed by atoms with Crippen LogP contribution in [0.25, 0.3) is 0 Å². The number of piperidine rings is 1. The fraction of sp³-hybridized carbons (Fsp3) is 1.00. The van der Waals surface area contributed by atoms with E-state index >= 15 is 0 Å². The van der Waals surface area contributed by atoms with Crippen LogP contribution in [0.1, 0.15) is 6.92 Å². The molecule has 51 valence electrons. The van der Waals surface area contributed by atoms with E-state index in [2.05, 4.69) is 11.8 Å². The summed E-state index contributed by atoms with van der Waals surface area (Å²) < 4.78 is 0. The highest BCUT2D eigenvalue weighted by Gasteiger charge is 2.53. The second-order valence-corrected chi connectivity index (χ2v) is 3.21. The summed E-state index contributed by atoms with van der Waals surface area (Å²) in [4.78, 5) is 2.44. The standard InChI is InChI=1S/C7H13N2/c1-2-9-3-5-6(4-9)7(5)8/h5-8H,2-4H2,1H3. The van der Waals surface area contributed by atoms with Crippen molar-refractivity contribution in [2.75, 3.05) is 19.6 Å². The molecule has 2 rings (SSSR count). The van der Waals surface area contributed by atoms with Crippen molar-refractivity contribution in [3.8, 4) is 0 Å². The Bertz CT molecular complexity index is 112. The largest absolute Gasteiger partial charge is 0.303 e. The van der Waals surface area contributed by atoms with E-state index in [0.717, 1.165) is 11.8 Å². The van der Waals surface area contributed by atoms with Crippen LogP contribution in [0.4, 0.5) is 0 Å². The molecule has 1 aliphatic heterocycles. The van der Waals surface area contributed by atoms with Gasteiger partial charge in [0.1, 0.15) is 0 Å². The SMILES string of the molecule is CCN1CC2C([NH])C2C1. The van der Waals surface area contributed by atoms with Gasteiger partial charge in [-0.2, -0.15) is 0 Å². The normalized spacial score (nSPS) is 49.3. The van der Waals surface area contributed by atoms with Crippen molar-refractivity contribution in [1.82, 2.24) is 10.6 Å². The molecule has 0 aromatic rings. The lowest BCUT2D eigenvalue weighted by Gasteiger charge is -2.14. The van der Waals surface area contributed by atoms with Gasteiger partial charge in [0.2, 0.25) is 0 Å². The molecule has 9 heavy (non-hydrogen) atoms. The molecule has 0 aromatic heterocycles. The lowest BCUT2D eigenvalue weighted by atomic mass is 10.4. The van der Waals surface area contributed by atoms with Crippen molar-refractivity contribution >= 4 is 0 Å². The van der Waals surface area contributed by atoms with Crippen LogP contribution in [-0.2, 0) is 0 Å². The van der Waals surface area contributed by atoms with Gasteiger partial charge in [0.15, 0.2) is 0 Å². The van der Waals surface area contributed by atoms with Crippen molar-refractivity contribution in [3.63, 3.8) is 0 Å². The first-order chi connectivity index (χ1) is 4.33. The summed E-state index contributed by atoms with van der Waals surface area (Å²) in [5.41, 5.74) is 7.45. The van der Waals surface area contributed by atoms with E-state index in [0.29, 0.717) is 6.04 Å². The van der Waals surface area contributed by atoms with Gasteiger partial charge in [-0.15, -0.1) is 0 Å². The van der Waals surface area contributed by atoms with Crippen molar-refractivity contribution in [2.45, 2.75) is 13.0 Å². The highest BCUT2D eigenvalue weighted by atomic mass is 15.2. The molecule has 2 heteroatoms. The second kappa shape index (κ2) is 1.70. The molecule has 2 fully saturated rings. The molecule has 0 aromatic carbocycles. The van der Waals surface area contributed by atoms with E-state index in [4.69, 9.17) is 5.73 Å². The maximum atomic E-state index is 7.45. The Hall–Kier alpha value is -0.0800. The van der Waals surface area contributed by atoms with Crippen LogP contribution in [0.3, 0.4) is 0 Å². The smallest absolute Gasteiger partial charge is 0.0301 e. The van der Waals surface area contributed by atoms with Gasteiger partial charge in [-0.25, -0.2) is 0 Å². The molecule has 0 amide bonds. The molecule has 2 unspecified atom stereocenters. The first-order valence-electron chi connectivity index (χ1n) is 3.76. The second-order valence-electron chi connectivity index (χ2n) is 3.21. The summed E-state index contributed by atoms with van der Waals surface area (Å²) in [6.45, 7) is 5.79. The summed E-state index contributed by atoms with van der Waals surface area (Å²) in [7, 11) is 0. The third kappa shape index (κ3) is 0.700. The topological polar surface area (TPSA) is 27.0 Å². The fourth-order valence-corrected chi connectivity index (χ4v) is 1.87. The number of hydrogen-bond acceptors (Lipinski definition) is 1. The quantitative estimate of drug-likeness (QED) is 0.492. The molecule has 1 saturated heterocycles. The van der Waals surface area contributed by atoms with Crippen LogP contribution in [0, 0.1) is 11.8 Å². The van der Waals surface area contributed by atoms with Crippen LogP contribution in [0.5, 0.6) is 0 Å². The number of nitrogens with zero attached hydrogens (tertiary/aromatic N) is 1. The van der Waals surface area contributed by atoms with Crippen LogP contribution in [0.2, 0.25) is 0 Å². The van der Waals surface area contributed by atoms with Crippen molar-refractivity contribution < 1.29 is 0 Å². The van der Waals surface area contributed by atoms with Gasteiger partial charge >= 0.3 is 0 Å².